The summed E-state index contributed by atoms with van der Waals surface area (Å²) >= 11 is 1.73. The smallest absolute Gasteiger partial charge is 0.191 e. The first-order chi connectivity index (χ1) is 12.9. The van der Waals surface area contributed by atoms with Crippen molar-refractivity contribution in [2.24, 2.45) is 10.4 Å². The molecule has 5 nitrogen and oxygen atoms in total. The molecule has 0 aromatic carbocycles. The molecule has 0 saturated heterocycles. The van der Waals surface area contributed by atoms with E-state index in [0.717, 1.165) is 44.4 Å². The van der Waals surface area contributed by atoms with E-state index in [2.05, 4.69) is 50.6 Å². The molecule has 0 bridgehead atoms. The number of aromatic nitrogens is 1. The Hall–Kier alpha value is -0.410. The molecule has 1 fully saturated rings. The van der Waals surface area contributed by atoms with Gasteiger partial charge in [-0.2, -0.15) is 0 Å². The van der Waals surface area contributed by atoms with Crippen LogP contribution in [0, 0.1) is 5.41 Å². The van der Waals surface area contributed by atoms with Crippen LogP contribution in [-0.4, -0.2) is 37.2 Å². The van der Waals surface area contributed by atoms with Gasteiger partial charge in [0.2, 0.25) is 0 Å². The maximum absolute atomic E-state index is 5.63. The number of rotatable bonds is 9. The number of hydrogen-bond acceptors (Lipinski definition) is 4. The second kappa shape index (κ2) is 12.3. The molecule has 1 saturated carbocycles. The number of hydrogen-bond donors (Lipinski definition) is 2. The van der Waals surface area contributed by atoms with Crippen LogP contribution in [0.3, 0.4) is 0 Å². The van der Waals surface area contributed by atoms with Gasteiger partial charge in [-0.25, -0.2) is 9.98 Å². The summed E-state index contributed by atoms with van der Waals surface area (Å²) in [6.07, 6.45) is 6.36. The SMILES string of the molecule is CCNC(=NCc1csc(C(C)(C)C)n1)NCC1(CCOCC)CCCC1.I. The van der Waals surface area contributed by atoms with Crippen molar-refractivity contribution in [3.05, 3.63) is 16.1 Å². The third kappa shape index (κ3) is 8.14. The first kappa shape index (κ1) is 25.6. The Labute approximate surface area is 192 Å². The van der Waals surface area contributed by atoms with Crippen molar-refractivity contribution in [3.8, 4) is 0 Å². The van der Waals surface area contributed by atoms with Gasteiger partial charge in [0.05, 0.1) is 17.2 Å². The number of aliphatic imine (C=N–C) groups is 1. The Morgan fingerprint density at radius 1 is 1.25 bits per heavy atom. The minimum absolute atomic E-state index is 0. The second-order valence-corrected chi connectivity index (χ2v) is 9.45. The van der Waals surface area contributed by atoms with Crippen LogP contribution in [0.1, 0.15) is 77.4 Å². The Balaban J connectivity index is 0.00000392. The van der Waals surface area contributed by atoms with E-state index in [1.165, 1.54) is 30.7 Å². The fourth-order valence-corrected chi connectivity index (χ4v) is 4.47. The second-order valence-electron chi connectivity index (χ2n) is 8.60. The lowest BCUT2D eigenvalue weighted by atomic mass is 9.83. The van der Waals surface area contributed by atoms with Gasteiger partial charge in [-0.1, -0.05) is 33.6 Å². The molecular formula is C21H39IN4OS. The van der Waals surface area contributed by atoms with Crippen LogP contribution in [-0.2, 0) is 16.7 Å². The number of halogens is 1. The molecule has 2 N–H and O–H groups in total. The Morgan fingerprint density at radius 2 is 1.96 bits per heavy atom. The lowest BCUT2D eigenvalue weighted by molar-refractivity contribution is 0.105. The summed E-state index contributed by atoms with van der Waals surface area (Å²) in [5, 5.41) is 10.3. The van der Waals surface area contributed by atoms with Crippen molar-refractivity contribution in [2.45, 2.75) is 78.7 Å². The molecular weight excluding hydrogens is 483 g/mol. The molecule has 162 valence electrons. The van der Waals surface area contributed by atoms with Crippen LogP contribution in [0.4, 0.5) is 0 Å². The van der Waals surface area contributed by atoms with E-state index in [1.807, 2.05) is 0 Å². The predicted molar refractivity (Wildman–Crippen MR) is 131 cm³/mol. The molecule has 0 aliphatic heterocycles. The molecule has 1 aromatic heterocycles. The maximum Gasteiger partial charge on any atom is 0.191 e. The van der Waals surface area contributed by atoms with E-state index < -0.39 is 0 Å². The van der Waals surface area contributed by atoms with Crippen molar-refractivity contribution in [1.29, 1.82) is 0 Å². The number of guanidine groups is 1. The summed E-state index contributed by atoms with van der Waals surface area (Å²) in [7, 11) is 0. The van der Waals surface area contributed by atoms with E-state index >= 15 is 0 Å². The quantitative estimate of drug-likeness (QED) is 0.205. The summed E-state index contributed by atoms with van der Waals surface area (Å²) in [5.74, 6) is 0.894. The zero-order valence-electron chi connectivity index (χ0n) is 18.3. The number of ether oxygens (including phenoxy) is 1. The molecule has 1 aromatic rings. The van der Waals surface area contributed by atoms with Crippen LogP contribution in [0.25, 0.3) is 0 Å². The molecule has 7 heteroatoms. The van der Waals surface area contributed by atoms with Gasteiger partial charge in [0.15, 0.2) is 5.96 Å². The van der Waals surface area contributed by atoms with Crippen LogP contribution >= 0.6 is 35.3 Å². The first-order valence-electron chi connectivity index (χ1n) is 10.4. The zero-order valence-corrected chi connectivity index (χ0v) is 21.4. The Morgan fingerprint density at radius 3 is 2.54 bits per heavy atom. The van der Waals surface area contributed by atoms with Crippen molar-refractivity contribution in [1.82, 2.24) is 15.6 Å². The number of nitrogens with one attached hydrogen (secondary N) is 2. The minimum Gasteiger partial charge on any atom is -0.382 e. The zero-order chi connectivity index (χ0) is 19.8. The van der Waals surface area contributed by atoms with E-state index in [0.29, 0.717) is 12.0 Å². The van der Waals surface area contributed by atoms with Gasteiger partial charge in [0.25, 0.3) is 0 Å². The summed E-state index contributed by atoms with van der Waals surface area (Å²) in [6.45, 7) is 14.9. The molecule has 1 aliphatic rings. The van der Waals surface area contributed by atoms with Crippen molar-refractivity contribution >= 4 is 41.3 Å². The monoisotopic (exact) mass is 522 g/mol. The standard InChI is InChI=1S/C21H38N4OS.HI/c1-6-22-19(23-14-17-15-27-18(25-17)20(3,4)5)24-16-21(10-8-9-11-21)12-13-26-7-2;/h15H,6-14,16H2,1-5H3,(H2,22,23,24);1H. The van der Waals surface area contributed by atoms with Crippen LogP contribution in [0.5, 0.6) is 0 Å². The largest absolute Gasteiger partial charge is 0.382 e. The van der Waals surface area contributed by atoms with Crippen LogP contribution in [0.15, 0.2) is 10.4 Å². The van der Waals surface area contributed by atoms with E-state index in [9.17, 15) is 0 Å². The van der Waals surface area contributed by atoms with E-state index in [-0.39, 0.29) is 29.4 Å². The summed E-state index contributed by atoms with van der Waals surface area (Å²) in [6, 6.07) is 0. The normalized spacial score (nSPS) is 16.7. The van der Waals surface area contributed by atoms with Gasteiger partial charge in [0, 0.05) is 37.1 Å². The highest BCUT2D eigenvalue weighted by Crippen LogP contribution is 2.40. The van der Waals surface area contributed by atoms with Gasteiger partial charge < -0.3 is 15.4 Å². The molecule has 0 radical (unpaired) electrons. The van der Waals surface area contributed by atoms with Crippen LogP contribution in [0.2, 0.25) is 0 Å². The molecule has 0 amide bonds. The Bertz CT molecular complexity index is 591. The van der Waals surface area contributed by atoms with Gasteiger partial charge in [0.1, 0.15) is 0 Å². The Kier molecular flexibility index (Phi) is 11.3. The lowest BCUT2D eigenvalue weighted by Crippen LogP contribution is -2.43. The number of nitrogens with zero attached hydrogens (tertiary/aromatic N) is 2. The molecule has 0 spiro atoms. The molecule has 1 aliphatic carbocycles. The summed E-state index contributed by atoms with van der Waals surface area (Å²) in [4.78, 5) is 9.53. The van der Waals surface area contributed by atoms with E-state index in [1.54, 1.807) is 11.3 Å². The topological polar surface area (TPSA) is 58.5 Å². The van der Waals surface area contributed by atoms with Crippen LogP contribution < -0.4 is 10.6 Å². The van der Waals surface area contributed by atoms with Gasteiger partial charge in [-0.05, 0) is 38.5 Å². The highest BCUT2D eigenvalue weighted by atomic mass is 127. The van der Waals surface area contributed by atoms with E-state index in [4.69, 9.17) is 14.7 Å². The predicted octanol–water partition coefficient (Wildman–Crippen LogP) is 5.10. The van der Waals surface area contributed by atoms with Crippen molar-refractivity contribution in [2.75, 3.05) is 26.3 Å². The third-order valence-electron chi connectivity index (χ3n) is 5.21. The summed E-state index contributed by atoms with van der Waals surface area (Å²) < 4.78 is 5.63. The number of thiazole rings is 1. The maximum atomic E-state index is 5.63. The third-order valence-corrected chi connectivity index (χ3v) is 6.53. The fourth-order valence-electron chi connectivity index (χ4n) is 3.57. The molecule has 1 heterocycles. The minimum atomic E-state index is 0. The highest BCUT2D eigenvalue weighted by Gasteiger charge is 2.33. The summed E-state index contributed by atoms with van der Waals surface area (Å²) in [5.41, 5.74) is 1.50. The van der Waals surface area contributed by atoms with Gasteiger partial charge in [-0.3, -0.25) is 0 Å². The van der Waals surface area contributed by atoms with Crippen molar-refractivity contribution in [3.63, 3.8) is 0 Å². The fraction of sp³-hybridized carbons (Fsp3) is 0.810. The molecule has 2 rings (SSSR count). The molecule has 0 unspecified atom stereocenters. The van der Waals surface area contributed by atoms with Crippen molar-refractivity contribution < 1.29 is 4.74 Å². The average Bonchev–Trinajstić information content (AvgIpc) is 3.27. The molecule has 28 heavy (non-hydrogen) atoms. The van der Waals surface area contributed by atoms with Gasteiger partial charge in [-0.15, -0.1) is 35.3 Å². The highest BCUT2D eigenvalue weighted by molar-refractivity contribution is 14.0. The van der Waals surface area contributed by atoms with Gasteiger partial charge >= 0.3 is 0 Å². The lowest BCUT2D eigenvalue weighted by Gasteiger charge is -2.30. The average molecular weight is 523 g/mol. The first-order valence-corrected chi connectivity index (χ1v) is 11.3. The molecule has 0 atom stereocenters.